The zero-order valence-electron chi connectivity index (χ0n) is 14.1. The van der Waals surface area contributed by atoms with Crippen LogP contribution in [0.2, 0.25) is 0 Å². The number of carbonyl (C=O) groups is 1. The maximum Gasteiger partial charge on any atom is 0.235 e. The van der Waals surface area contributed by atoms with Crippen molar-refractivity contribution in [3.05, 3.63) is 29.3 Å². The number of anilines is 1. The topological polar surface area (TPSA) is 89.3 Å². The number of amides is 1. The van der Waals surface area contributed by atoms with Crippen molar-refractivity contribution < 1.29 is 13.2 Å². The second-order valence-corrected chi connectivity index (χ2v) is 8.45. The molecular weight excluding hydrogens is 348 g/mol. The highest BCUT2D eigenvalue weighted by Crippen LogP contribution is 2.30. The highest BCUT2D eigenvalue weighted by molar-refractivity contribution is 7.92. The Morgan fingerprint density at radius 2 is 2.08 bits per heavy atom. The van der Waals surface area contributed by atoms with Crippen LogP contribution in [0.5, 0.6) is 0 Å². The van der Waals surface area contributed by atoms with Crippen molar-refractivity contribution in [2.75, 3.05) is 17.2 Å². The van der Waals surface area contributed by atoms with Crippen LogP contribution in [0.3, 0.4) is 0 Å². The molecule has 1 amide bonds. The van der Waals surface area contributed by atoms with Gasteiger partial charge >= 0.3 is 0 Å². The van der Waals surface area contributed by atoms with Crippen LogP contribution >= 0.6 is 12.4 Å². The number of nitrogen functional groups attached to an aromatic ring is 1. The normalized spacial score (nSPS) is 16.8. The molecule has 0 saturated heterocycles. The molecule has 0 radical (unpaired) electrons. The van der Waals surface area contributed by atoms with E-state index in [0.717, 1.165) is 43.2 Å². The molecule has 0 aliphatic heterocycles. The number of benzene rings is 1. The van der Waals surface area contributed by atoms with Crippen LogP contribution in [0.4, 0.5) is 5.69 Å². The fourth-order valence-corrected chi connectivity index (χ4v) is 4.34. The van der Waals surface area contributed by atoms with Gasteiger partial charge in [-0.15, -0.1) is 12.4 Å². The molecule has 5 nitrogen and oxygen atoms in total. The summed E-state index contributed by atoms with van der Waals surface area (Å²) in [5.74, 6) is -0.736. The lowest BCUT2D eigenvalue weighted by Crippen LogP contribution is -2.35. The van der Waals surface area contributed by atoms with Gasteiger partial charge in [0.2, 0.25) is 5.91 Å². The van der Waals surface area contributed by atoms with Gasteiger partial charge in [-0.25, -0.2) is 8.42 Å². The minimum absolute atomic E-state index is 0. The smallest absolute Gasteiger partial charge is 0.235 e. The van der Waals surface area contributed by atoms with E-state index >= 15 is 0 Å². The number of hydrogen-bond donors (Lipinski definition) is 2. The van der Waals surface area contributed by atoms with Gasteiger partial charge in [-0.3, -0.25) is 4.79 Å². The fourth-order valence-electron chi connectivity index (χ4n) is 3.06. The molecule has 0 aromatic heterocycles. The third kappa shape index (κ3) is 5.98. The average Bonchev–Trinajstić information content (AvgIpc) is 2.46. The molecule has 1 aliphatic rings. The number of rotatable bonds is 7. The lowest BCUT2D eigenvalue weighted by atomic mass is 9.87. The Kier molecular flexibility index (Phi) is 8.03. The molecule has 136 valence electrons. The number of sulfone groups is 1. The van der Waals surface area contributed by atoms with Gasteiger partial charge in [0.15, 0.2) is 9.84 Å². The first-order valence-corrected chi connectivity index (χ1v) is 10.1. The molecule has 1 aromatic carbocycles. The summed E-state index contributed by atoms with van der Waals surface area (Å²) in [6.07, 6.45) is 5.20. The molecule has 0 fully saturated rings. The van der Waals surface area contributed by atoms with E-state index in [0.29, 0.717) is 12.1 Å². The van der Waals surface area contributed by atoms with Gasteiger partial charge in [0.25, 0.3) is 0 Å². The zero-order valence-corrected chi connectivity index (χ0v) is 15.7. The van der Waals surface area contributed by atoms with Crippen LogP contribution < -0.4 is 11.1 Å². The van der Waals surface area contributed by atoms with Gasteiger partial charge in [-0.1, -0.05) is 25.8 Å². The van der Waals surface area contributed by atoms with E-state index in [1.54, 1.807) is 0 Å². The fraction of sp³-hybridized carbons (Fsp3) is 0.588. The molecule has 24 heavy (non-hydrogen) atoms. The highest BCUT2D eigenvalue weighted by atomic mass is 35.5. The van der Waals surface area contributed by atoms with Gasteiger partial charge in [-0.2, -0.15) is 0 Å². The number of aryl methyl sites for hydroxylation is 1. The summed E-state index contributed by atoms with van der Waals surface area (Å²) in [4.78, 5) is 12.1. The largest absolute Gasteiger partial charge is 0.399 e. The van der Waals surface area contributed by atoms with E-state index in [4.69, 9.17) is 5.73 Å². The van der Waals surface area contributed by atoms with Gasteiger partial charge in [0.1, 0.15) is 5.75 Å². The second-order valence-electron chi connectivity index (χ2n) is 6.27. The van der Waals surface area contributed by atoms with E-state index in [2.05, 4.69) is 5.32 Å². The Labute approximate surface area is 150 Å². The molecule has 2 rings (SSSR count). The minimum atomic E-state index is -3.32. The van der Waals surface area contributed by atoms with Crippen LogP contribution in [0.1, 0.15) is 56.2 Å². The summed E-state index contributed by atoms with van der Waals surface area (Å²) in [6, 6.07) is 5.59. The average molecular weight is 375 g/mol. The molecule has 3 N–H and O–H groups in total. The molecule has 1 unspecified atom stereocenters. The highest BCUT2D eigenvalue weighted by Gasteiger charge is 2.24. The summed E-state index contributed by atoms with van der Waals surface area (Å²) >= 11 is 0. The molecule has 0 saturated carbocycles. The van der Waals surface area contributed by atoms with Gasteiger partial charge in [0.05, 0.1) is 11.8 Å². The molecule has 7 heteroatoms. The third-order valence-electron chi connectivity index (χ3n) is 4.23. The molecule has 1 atom stereocenters. The van der Waals surface area contributed by atoms with E-state index in [1.165, 1.54) is 0 Å². The quantitative estimate of drug-likeness (QED) is 0.567. The summed E-state index contributed by atoms with van der Waals surface area (Å²) in [7, 11) is -3.32. The first kappa shape index (κ1) is 20.8. The third-order valence-corrected chi connectivity index (χ3v) is 5.84. The number of nitrogens with two attached hydrogens (primary N) is 1. The number of carbonyl (C=O) groups excluding carboxylic acids is 1. The second kappa shape index (κ2) is 9.28. The van der Waals surface area contributed by atoms with Crippen molar-refractivity contribution >= 4 is 33.8 Å². The van der Waals surface area contributed by atoms with Crippen LogP contribution in [-0.2, 0) is 21.1 Å². The molecule has 1 aliphatic carbocycles. The van der Waals surface area contributed by atoms with Crippen molar-refractivity contribution in [2.45, 2.75) is 51.5 Å². The number of nitrogens with one attached hydrogen (secondary N) is 1. The van der Waals surface area contributed by atoms with E-state index in [-0.39, 0.29) is 24.2 Å². The van der Waals surface area contributed by atoms with Crippen molar-refractivity contribution in [3.63, 3.8) is 0 Å². The number of halogens is 1. The predicted molar refractivity (Wildman–Crippen MR) is 100 cm³/mol. The number of unbranched alkanes of at least 4 members (excludes halogenated alkanes) is 2. The van der Waals surface area contributed by atoms with E-state index in [9.17, 15) is 13.2 Å². The molecule has 1 aromatic rings. The Balaban J connectivity index is 0.00000288. The van der Waals surface area contributed by atoms with Crippen molar-refractivity contribution in [1.29, 1.82) is 0 Å². The Morgan fingerprint density at radius 3 is 2.79 bits per heavy atom. The monoisotopic (exact) mass is 374 g/mol. The summed E-state index contributed by atoms with van der Waals surface area (Å²) < 4.78 is 23.9. The maximum atomic E-state index is 12.1. The predicted octanol–water partition coefficient (Wildman–Crippen LogP) is 2.79. The van der Waals surface area contributed by atoms with Crippen LogP contribution in [0.25, 0.3) is 0 Å². The lowest BCUT2D eigenvalue weighted by molar-refractivity contribution is -0.119. The van der Waals surface area contributed by atoms with Crippen LogP contribution in [-0.4, -0.2) is 25.8 Å². The standard InChI is InChI=1S/C17H26N2O3S.ClH/c1-2-3-4-10-23(21,22)12-17(20)19-16-7-5-6-13-11-14(18)8-9-15(13)16;/h8-9,11,16H,2-7,10,12,18H2,1H3,(H,19,20);1H. The number of fused-ring (bicyclic) bond motifs is 1. The molecular formula is C17H27ClN2O3S. The van der Waals surface area contributed by atoms with E-state index in [1.807, 2.05) is 25.1 Å². The molecule has 0 heterocycles. The summed E-state index contributed by atoms with van der Waals surface area (Å²) in [5, 5.41) is 2.88. The Bertz CT molecular complexity index is 662. The first-order valence-electron chi connectivity index (χ1n) is 8.29. The SMILES string of the molecule is CCCCCS(=O)(=O)CC(=O)NC1CCCc2cc(N)ccc21.Cl. The Hall–Kier alpha value is -1.27. The van der Waals surface area contributed by atoms with Crippen molar-refractivity contribution in [3.8, 4) is 0 Å². The Morgan fingerprint density at radius 1 is 1.33 bits per heavy atom. The van der Waals surface area contributed by atoms with Gasteiger partial charge in [-0.05, 0) is 48.9 Å². The van der Waals surface area contributed by atoms with E-state index < -0.39 is 21.5 Å². The van der Waals surface area contributed by atoms with Crippen molar-refractivity contribution in [1.82, 2.24) is 5.32 Å². The van der Waals surface area contributed by atoms with Gasteiger partial charge < -0.3 is 11.1 Å². The minimum Gasteiger partial charge on any atom is -0.399 e. The van der Waals surface area contributed by atoms with Crippen LogP contribution in [0, 0.1) is 0 Å². The lowest BCUT2D eigenvalue weighted by Gasteiger charge is -2.26. The van der Waals surface area contributed by atoms with Gasteiger partial charge in [0, 0.05) is 5.69 Å². The summed E-state index contributed by atoms with van der Waals surface area (Å²) in [6.45, 7) is 2.02. The zero-order chi connectivity index (χ0) is 16.9. The maximum absolute atomic E-state index is 12.1. The van der Waals surface area contributed by atoms with Crippen molar-refractivity contribution in [2.24, 2.45) is 0 Å². The first-order chi connectivity index (χ1) is 10.9. The molecule has 0 spiro atoms. The van der Waals surface area contributed by atoms with Crippen LogP contribution in [0.15, 0.2) is 18.2 Å². The molecule has 0 bridgehead atoms. The number of hydrogen-bond acceptors (Lipinski definition) is 4. The summed E-state index contributed by atoms with van der Waals surface area (Å²) in [5.41, 5.74) is 8.72.